The average molecular weight is 284 g/mol. The number of nitrogens with zero attached hydrogens (tertiary/aromatic N) is 2. The second-order valence-corrected chi connectivity index (χ2v) is 6.64. The van der Waals surface area contributed by atoms with Gasteiger partial charge in [0.05, 0.1) is 12.3 Å². The largest absolute Gasteiger partial charge is 0.477 e. The Hall–Kier alpha value is -1.14. The predicted octanol–water partition coefficient (Wildman–Crippen LogP) is 2.61. The van der Waals surface area contributed by atoms with E-state index < -0.39 is 5.97 Å². The van der Waals surface area contributed by atoms with Gasteiger partial charge in [-0.1, -0.05) is 25.2 Å². The number of aromatic carboxylic acids is 1. The third kappa shape index (κ3) is 3.25. The van der Waals surface area contributed by atoms with Crippen LogP contribution in [0.2, 0.25) is 0 Å². The summed E-state index contributed by atoms with van der Waals surface area (Å²) in [4.78, 5) is 18.1. The minimum Gasteiger partial charge on any atom is -0.477 e. The molecular formula is C13H20N2O3S. The van der Waals surface area contributed by atoms with Gasteiger partial charge in [-0.2, -0.15) is 0 Å². The molecule has 1 aromatic rings. The highest BCUT2D eigenvalue weighted by Crippen LogP contribution is 2.34. The summed E-state index contributed by atoms with van der Waals surface area (Å²) in [7, 11) is 1.55. The fourth-order valence-corrected chi connectivity index (χ4v) is 3.14. The lowest BCUT2D eigenvalue weighted by Crippen LogP contribution is -2.37. The Labute approximate surface area is 117 Å². The Morgan fingerprint density at radius 1 is 1.47 bits per heavy atom. The summed E-state index contributed by atoms with van der Waals surface area (Å²) < 4.78 is 5.01. The lowest BCUT2D eigenvalue weighted by Gasteiger charge is -2.36. The number of ether oxygens (including phenoxy) is 1. The van der Waals surface area contributed by atoms with Crippen LogP contribution in [0.15, 0.2) is 0 Å². The van der Waals surface area contributed by atoms with E-state index in [0.717, 1.165) is 31.1 Å². The Morgan fingerprint density at radius 2 is 2.11 bits per heavy atom. The summed E-state index contributed by atoms with van der Waals surface area (Å²) in [6.45, 7) is 6.66. The Kier molecular flexibility index (Phi) is 4.10. The number of hydrogen-bond donors (Lipinski definition) is 1. The summed E-state index contributed by atoms with van der Waals surface area (Å²) in [5.41, 5.74) is 0.901. The van der Waals surface area contributed by atoms with Crippen LogP contribution < -0.4 is 4.90 Å². The molecule has 0 saturated carbocycles. The highest BCUT2D eigenvalue weighted by Gasteiger charge is 2.28. The fraction of sp³-hybridized carbons (Fsp3) is 0.692. The Bertz CT molecular complexity index is 460. The van der Waals surface area contributed by atoms with E-state index in [1.54, 1.807) is 7.11 Å². The first-order valence-corrected chi connectivity index (χ1v) is 7.21. The van der Waals surface area contributed by atoms with E-state index in [1.807, 2.05) is 0 Å². The minimum absolute atomic E-state index is 0.247. The Morgan fingerprint density at radius 3 is 2.63 bits per heavy atom. The van der Waals surface area contributed by atoms with Crippen LogP contribution in [0.1, 0.15) is 42.1 Å². The molecule has 1 aliphatic rings. The normalized spacial score (nSPS) is 18.6. The van der Waals surface area contributed by atoms with Gasteiger partial charge in [0, 0.05) is 20.2 Å². The van der Waals surface area contributed by atoms with Crippen molar-refractivity contribution in [2.75, 3.05) is 25.1 Å². The smallest absolute Gasteiger partial charge is 0.347 e. The number of rotatable bonds is 4. The van der Waals surface area contributed by atoms with Crippen LogP contribution in [0.25, 0.3) is 0 Å². The van der Waals surface area contributed by atoms with Crippen molar-refractivity contribution in [2.24, 2.45) is 5.41 Å². The van der Waals surface area contributed by atoms with Crippen LogP contribution in [0.4, 0.5) is 5.13 Å². The molecule has 1 fully saturated rings. The number of carboxylic acids is 1. The topological polar surface area (TPSA) is 62.7 Å². The first-order valence-electron chi connectivity index (χ1n) is 6.40. The standard InChI is InChI=1S/C13H20N2O3S/c1-13(2)4-6-15(7-5-13)12-14-9(8-18-3)10(19-12)11(16)17/h4-8H2,1-3H3,(H,16,17). The van der Waals surface area contributed by atoms with Gasteiger partial charge in [0.25, 0.3) is 0 Å². The lowest BCUT2D eigenvalue weighted by atomic mass is 9.83. The van der Waals surface area contributed by atoms with Gasteiger partial charge in [0.2, 0.25) is 0 Å². The molecule has 2 rings (SSSR count). The molecule has 1 saturated heterocycles. The fourth-order valence-electron chi connectivity index (χ4n) is 2.18. The van der Waals surface area contributed by atoms with Gasteiger partial charge in [0.1, 0.15) is 4.88 Å². The highest BCUT2D eigenvalue weighted by atomic mass is 32.1. The van der Waals surface area contributed by atoms with E-state index in [1.165, 1.54) is 11.3 Å². The van der Waals surface area contributed by atoms with E-state index in [4.69, 9.17) is 4.74 Å². The lowest BCUT2D eigenvalue weighted by molar-refractivity contribution is 0.0697. The maximum atomic E-state index is 11.2. The maximum Gasteiger partial charge on any atom is 0.347 e. The van der Waals surface area contributed by atoms with Crippen molar-refractivity contribution < 1.29 is 14.6 Å². The maximum absolute atomic E-state index is 11.2. The van der Waals surface area contributed by atoms with Crippen LogP contribution >= 0.6 is 11.3 Å². The number of hydrogen-bond acceptors (Lipinski definition) is 5. The molecule has 2 heterocycles. The zero-order valence-corrected chi connectivity index (χ0v) is 12.4. The molecule has 1 aromatic heterocycles. The molecule has 6 heteroatoms. The SMILES string of the molecule is COCc1nc(N2CCC(C)(C)CC2)sc1C(=O)O. The number of anilines is 1. The van der Waals surface area contributed by atoms with E-state index in [2.05, 4.69) is 23.7 Å². The second-order valence-electron chi connectivity index (χ2n) is 5.66. The van der Waals surface area contributed by atoms with Crippen LogP contribution in [-0.4, -0.2) is 36.3 Å². The molecule has 0 spiro atoms. The molecule has 1 N–H and O–H groups in total. The van der Waals surface area contributed by atoms with Gasteiger partial charge in [0.15, 0.2) is 5.13 Å². The number of piperidine rings is 1. The highest BCUT2D eigenvalue weighted by molar-refractivity contribution is 7.17. The van der Waals surface area contributed by atoms with Crippen molar-refractivity contribution in [3.05, 3.63) is 10.6 Å². The molecule has 0 radical (unpaired) electrons. The summed E-state index contributed by atoms with van der Waals surface area (Å²) in [6.07, 6.45) is 2.21. The monoisotopic (exact) mass is 284 g/mol. The molecule has 0 amide bonds. The third-order valence-corrected chi connectivity index (χ3v) is 4.70. The molecular weight excluding hydrogens is 264 g/mol. The molecule has 0 bridgehead atoms. The van der Waals surface area contributed by atoms with E-state index in [-0.39, 0.29) is 6.61 Å². The number of aromatic nitrogens is 1. The van der Waals surface area contributed by atoms with Gasteiger partial charge < -0.3 is 14.7 Å². The summed E-state index contributed by atoms with van der Waals surface area (Å²) in [5.74, 6) is -0.923. The van der Waals surface area contributed by atoms with Crippen molar-refractivity contribution in [1.29, 1.82) is 0 Å². The van der Waals surface area contributed by atoms with Gasteiger partial charge in [-0.25, -0.2) is 9.78 Å². The van der Waals surface area contributed by atoms with E-state index in [0.29, 0.717) is 16.0 Å². The molecule has 106 valence electrons. The van der Waals surface area contributed by atoms with Crippen molar-refractivity contribution in [3.8, 4) is 0 Å². The average Bonchev–Trinajstić information content (AvgIpc) is 2.73. The molecule has 1 aliphatic heterocycles. The van der Waals surface area contributed by atoms with Crippen LogP contribution in [0, 0.1) is 5.41 Å². The molecule has 0 atom stereocenters. The summed E-state index contributed by atoms with van der Waals surface area (Å²) in [5, 5.41) is 9.99. The number of methoxy groups -OCH3 is 1. The van der Waals surface area contributed by atoms with Gasteiger partial charge in [-0.3, -0.25) is 0 Å². The Balaban J connectivity index is 2.17. The predicted molar refractivity (Wildman–Crippen MR) is 75.0 cm³/mol. The summed E-state index contributed by atoms with van der Waals surface area (Å²) in [6, 6.07) is 0. The van der Waals surface area contributed by atoms with Crippen LogP contribution in [-0.2, 0) is 11.3 Å². The molecule has 5 nitrogen and oxygen atoms in total. The number of carboxylic acid groups (broad SMARTS) is 1. The van der Waals surface area contributed by atoms with Crippen LogP contribution in [0.5, 0.6) is 0 Å². The van der Waals surface area contributed by atoms with Gasteiger partial charge >= 0.3 is 5.97 Å². The van der Waals surface area contributed by atoms with Crippen molar-refractivity contribution in [2.45, 2.75) is 33.3 Å². The van der Waals surface area contributed by atoms with Crippen molar-refractivity contribution in [1.82, 2.24) is 4.98 Å². The quantitative estimate of drug-likeness (QED) is 0.921. The van der Waals surface area contributed by atoms with E-state index >= 15 is 0 Å². The zero-order chi connectivity index (χ0) is 14.0. The molecule has 19 heavy (non-hydrogen) atoms. The van der Waals surface area contributed by atoms with Gasteiger partial charge in [-0.15, -0.1) is 0 Å². The number of thiazole rings is 1. The second kappa shape index (κ2) is 5.46. The van der Waals surface area contributed by atoms with E-state index in [9.17, 15) is 9.90 Å². The van der Waals surface area contributed by atoms with Crippen molar-refractivity contribution in [3.63, 3.8) is 0 Å². The first kappa shape index (κ1) is 14.3. The molecule has 0 unspecified atom stereocenters. The summed E-state index contributed by atoms with van der Waals surface area (Å²) >= 11 is 1.25. The molecule has 0 aliphatic carbocycles. The van der Waals surface area contributed by atoms with Gasteiger partial charge in [-0.05, 0) is 18.3 Å². The minimum atomic E-state index is -0.923. The van der Waals surface area contributed by atoms with Crippen molar-refractivity contribution >= 4 is 22.4 Å². The number of carbonyl (C=O) groups is 1. The molecule has 0 aromatic carbocycles. The van der Waals surface area contributed by atoms with Crippen LogP contribution in [0.3, 0.4) is 0 Å². The third-order valence-electron chi connectivity index (χ3n) is 3.55. The zero-order valence-electron chi connectivity index (χ0n) is 11.6. The first-order chi connectivity index (χ1) is 8.93.